The standard InChI is InChI=1S/C14H7Cl2F2NO3/c15-7-1-3-9(10(16)5-7)13(20)19-8-2-4-11-12(6-8)22-14(17,18)21-11/h1-6H,(H,19,20). The molecule has 22 heavy (non-hydrogen) atoms. The normalized spacial score (nSPS) is 14.7. The van der Waals surface area contributed by atoms with E-state index in [0.29, 0.717) is 5.02 Å². The quantitative estimate of drug-likeness (QED) is 0.867. The number of hydrogen-bond donors (Lipinski definition) is 1. The fourth-order valence-corrected chi connectivity index (χ4v) is 2.39. The summed E-state index contributed by atoms with van der Waals surface area (Å²) in [7, 11) is 0. The number of carbonyl (C=O) groups excluding carboxylic acids is 1. The van der Waals surface area contributed by atoms with E-state index in [2.05, 4.69) is 14.8 Å². The van der Waals surface area contributed by atoms with Gasteiger partial charge >= 0.3 is 6.29 Å². The van der Waals surface area contributed by atoms with Crippen LogP contribution in [0.15, 0.2) is 36.4 Å². The number of ether oxygens (including phenoxy) is 2. The zero-order chi connectivity index (χ0) is 15.9. The average molecular weight is 346 g/mol. The average Bonchev–Trinajstić information content (AvgIpc) is 2.71. The first-order chi connectivity index (χ1) is 10.3. The van der Waals surface area contributed by atoms with Gasteiger partial charge < -0.3 is 14.8 Å². The summed E-state index contributed by atoms with van der Waals surface area (Å²) >= 11 is 11.7. The highest BCUT2D eigenvalue weighted by atomic mass is 35.5. The maximum atomic E-state index is 12.9. The Morgan fingerprint density at radius 3 is 2.50 bits per heavy atom. The van der Waals surface area contributed by atoms with Crippen LogP contribution in [0.1, 0.15) is 10.4 Å². The number of anilines is 1. The molecule has 0 saturated heterocycles. The summed E-state index contributed by atoms with van der Waals surface area (Å²) in [6.07, 6.45) is -3.70. The van der Waals surface area contributed by atoms with E-state index in [1.54, 1.807) is 0 Å². The Hall–Kier alpha value is -2.05. The first-order valence-electron chi connectivity index (χ1n) is 6.00. The van der Waals surface area contributed by atoms with Crippen LogP contribution in [0.3, 0.4) is 0 Å². The van der Waals surface area contributed by atoms with Crippen molar-refractivity contribution in [2.24, 2.45) is 0 Å². The zero-order valence-corrected chi connectivity index (χ0v) is 12.2. The number of benzene rings is 2. The maximum absolute atomic E-state index is 12.9. The van der Waals surface area contributed by atoms with Crippen LogP contribution in [0.5, 0.6) is 11.5 Å². The summed E-state index contributed by atoms with van der Waals surface area (Å²) in [5.41, 5.74) is 0.463. The Balaban J connectivity index is 1.81. The molecule has 2 aromatic rings. The molecule has 114 valence electrons. The molecule has 0 spiro atoms. The van der Waals surface area contributed by atoms with Gasteiger partial charge in [0, 0.05) is 16.8 Å². The molecule has 0 aliphatic carbocycles. The van der Waals surface area contributed by atoms with E-state index in [0.717, 1.165) is 0 Å². The van der Waals surface area contributed by atoms with Gasteiger partial charge in [-0.15, -0.1) is 8.78 Å². The molecule has 1 aliphatic rings. The van der Waals surface area contributed by atoms with Crippen molar-refractivity contribution in [3.8, 4) is 11.5 Å². The Labute approximate surface area is 133 Å². The van der Waals surface area contributed by atoms with E-state index in [1.165, 1.54) is 36.4 Å². The molecule has 4 nitrogen and oxygen atoms in total. The number of fused-ring (bicyclic) bond motifs is 1. The van der Waals surface area contributed by atoms with Gasteiger partial charge in [-0.2, -0.15) is 0 Å². The van der Waals surface area contributed by atoms with E-state index in [1.807, 2.05) is 0 Å². The molecule has 0 unspecified atom stereocenters. The highest BCUT2D eigenvalue weighted by molar-refractivity contribution is 6.37. The lowest BCUT2D eigenvalue weighted by Gasteiger charge is -2.07. The molecule has 0 bridgehead atoms. The summed E-state index contributed by atoms with van der Waals surface area (Å²) in [5, 5.41) is 3.10. The van der Waals surface area contributed by atoms with E-state index in [-0.39, 0.29) is 27.8 Å². The lowest BCUT2D eigenvalue weighted by molar-refractivity contribution is -0.286. The Morgan fingerprint density at radius 2 is 1.77 bits per heavy atom. The molecular weight excluding hydrogens is 339 g/mol. The van der Waals surface area contributed by atoms with E-state index < -0.39 is 12.2 Å². The van der Waals surface area contributed by atoms with Crippen LogP contribution < -0.4 is 14.8 Å². The van der Waals surface area contributed by atoms with Gasteiger partial charge in [0.2, 0.25) is 0 Å². The Morgan fingerprint density at radius 1 is 1.05 bits per heavy atom. The minimum atomic E-state index is -3.70. The van der Waals surface area contributed by atoms with E-state index >= 15 is 0 Å². The van der Waals surface area contributed by atoms with Crippen LogP contribution in [0.2, 0.25) is 10.0 Å². The van der Waals surface area contributed by atoms with Crippen LogP contribution >= 0.6 is 23.2 Å². The van der Waals surface area contributed by atoms with E-state index in [9.17, 15) is 13.6 Å². The number of carbonyl (C=O) groups is 1. The monoisotopic (exact) mass is 345 g/mol. The molecule has 8 heteroatoms. The fourth-order valence-electron chi connectivity index (χ4n) is 1.90. The molecule has 3 rings (SSSR count). The molecule has 0 aromatic heterocycles. The summed E-state index contributed by atoms with van der Waals surface area (Å²) in [6.45, 7) is 0. The van der Waals surface area contributed by atoms with Crippen molar-refractivity contribution in [3.63, 3.8) is 0 Å². The summed E-state index contributed by atoms with van der Waals surface area (Å²) < 4.78 is 34.4. The van der Waals surface area contributed by atoms with Crippen molar-refractivity contribution in [1.82, 2.24) is 0 Å². The van der Waals surface area contributed by atoms with Crippen LogP contribution in [0.25, 0.3) is 0 Å². The lowest BCUT2D eigenvalue weighted by atomic mass is 10.2. The fraction of sp³-hybridized carbons (Fsp3) is 0.0714. The molecule has 0 saturated carbocycles. The smallest absolute Gasteiger partial charge is 0.395 e. The largest absolute Gasteiger partial charge is 0.586 e. The third-order valence-electron chi connectivity index (χ3n) is 2.83. The predicted molar refractivity (Wildman–Crippen MR) is 77.1 cm³/mol. The third kappa shape index (κ3) is 2.93. The number of alkyl halides is 2. The molecule has 0 fully saturated rings. The van der Waals surface area contributed by atoms with Gasteiger partial charge in [-0.3, -0.25) is 4.79 Å². The summed E-state index contributed by atoms with van der Waals surface area (Å²) in [5.74, 6) is -0.773. The zero-order valence-electron chi connectivity index (χ0n) is 10.7. The summed E-state index contributed by atoms with van der Waals surface area (Å²) in [6, 6.07) is 8.32. The number of rotatable bonds is 2. The minimum absolute atomic E-state index is 0.104. The number of halogens is 4. The first kappa shape index (κ1) is 14.9. The van der Waals surface area contributed by atoms with Crippen molar-refractivity contribution in [2.75, 3.05) is 5.32 Å². The number of hydrogen-bond acceptors (Lipinski definition) is 3. The van der Waals surface area contributed by atoms with Gasteiger partial charge in [-0.1, -0.05) is 23.2 Å². The lowest BCUT2D eigenvalue weighted by Crippen LogP contribution is -2.25. The molecule has 2 aromatic carbocycles. The first-order valence-corrected chi connectivity index (χ1v) is 6.76. The molecule has 0 radical (unpaired) electrons. The number of nitrogens with one attached hydrogen (secondary N) is 1. The van der Waals surface area contributed by atoms with Gasteiger partial charge in [-0.25, -0.2) is 0 Å². The predicted octanol–water partition coefficient (Wildman–Crippen LogP) is 4.57. The van der Waals surface area contributed by atoms with Gasteiger partial charge in [0.05, 0.1) is 10.6 Å². The highest BCUT2D eigenvalue weighted by Crippen LogP contribution is 2.42. The topological polar surface area (TPSA) is 47.6 Å². The second-order valence-electron chi connectivity index (χ2n) is 4.41. The van der Waals surface area contributed by atoms with Gasteiger partial charge in [0.1, 0.15) is 0 Å². The van der Waals surface area contributed by atoms with Gasteiger partial charge in [0.15, 0.2) is 11.5 Å². The van der Waals surface area contributed by atoms with Crippen LogP contribution in [0.4, 0.5) is 14.5 Å². The SMILES string of the molecule is O=C(Nc1ccc2c(c1)OC(F)(F)O2)c1ccc(Cl)cc1Cl. The van der Waals surface area contributed by atoms with Crippen molar-refractivity contribution in [2.45, 2.75) is 6.29 Å². The Kier molecular flexibility index (Phi) is 3.58. The second kappa shape index (κ2) is 5.30. The van der Waals surface area contributed by atoms with Gasteiger partial charge in [0.25, 0.3) is 5.91 Å². The van der Waals surface area contributed by atoms with Gasteiger partial charge in [-0.05, 0) is 30.3 Å². The van der Waals surface area contributed by atoms with Crippen molar-refractivity contribution >= 4 is 34.8 Å². The van der Waals surface area contributed by atoms with E-state index in [4.69, 9.17) is 23.2 Å². The molecule has 1 aliphatic heterocycles. The van der Waals surface area contributed by atoms with Crippen LogP contribution in [-0.2, 0) is 0 Å². The molecule has 0 atom stereocenters. The summed E-state index contributed by atoms with van der Waals surface area (Å²) in [4.78, 5) is 12.1. The Bertz CT molecular complexity index is 768. The molecule has 1 amide bonds. The van der Waals surface area contributed by atoms with Crippen molar-refractivity contribution < 1.29 is 23.0 Å². The van der Waals surface area contributed by atoms with Crippen LogP contribution in [0, 0.1) is 0 Å². The third-order valence-corrected chi connectivity index (χ3v) is 3.38. The highest BCUT2D eigenvalue weighted by Gasteiger charge is 2.43. The maximum Gasteiger partial charge on any atom is 0.586 e. The minimum Gasteiger partial charge on any atom is -0.395 e. The molecular formula is C14H7Cl2F2NO3. The van der Waals surface area contributed by atoms with Crippen molar-refractivity contribution in [3.05, 3.63) is 52.0 Å². The number of amides is 1. The molecule has 1 N–H and O–H groups in total. The van der Waals surface area contributed by atoms with Crippen LogP contribution in [-0.4, -0.2) is 12.2 Å². The molecule has 1 heterocycles. The second-order valence-corrected chi connectivity index (χ2v) is 5.25. The van der Waals surface area contributed by atoms with Crippen molar-refractivity contribution in [1.29, 1.82) is 0 Å².